The molecule has 2 saturated heterocycles. The van der Waals surface area contributed by atoms with Gasteiger partial charge in [-0.05, 0) is 24.3 Å². The van der Waals surface area contributed by atoms with Gasteiger partial charge in [0.25, 0.3) is 0 Å². The smallest absolute Gasteiger partial charge is 0.179 e. The summed E-state index contributed by atoms with van der Waals surface area (Å²) in [5.74, 6) is 0.873. The number of ether oxygens (including phenoxy) is 1. The maximum Gasteiger partial charge on any atom is 0.179 e. The number of nitrogens with zero attached hydrogens (tertiary/aromatic N) is 6. The van der Waals surface area contributed by atoms with Gasteiger partial charge in [-0.15, -0.1) is 0 Å². The van der Waals surface area contributed by atoms with Crippen molar-refractivity contribution >= 4 is 5.82 Å². The number of hydrogen-bond donors (Lipinski definition) is 0. The van der Waals surface area contributed by atoms with E-state index in [1.165, 1.54) is 0 Å². The van der Waals surface area contributed by atoms with Crippen molar-refractivity contribution in [3.05, 3.63) is 42.2 Å². The Hall–Kier alpha value is -3.16. The summed E-state index contributed by atoms with van der Waals surface area (Å²) < 4.78 is 5.80. The van der Waals surface area contributed by atoms with Gasteiger partial charge in [0.05, 0.1) is 49.2 Å². The third-order valence-electron chi connectivity index (χ3n) is 4.67. The van der Waals surface area contributed by atoms with E-state index in [2.05, 4.69) is 27.1 Å². The first-order valence-corrected chi connectivity index (χ1v) is 8.14. The molecule has 2 aliphatic rings. The second-order valence-corrected chi connectivity index (χ2v) is 6.12. The van der Waals surface area contributed by atoms with Gasteiger partial charge in [-0.25, -0.2) is 4.98 Å². The molecule has 2 aromatic rings. The Morgan fingerprint density at radius 1 is 1.16 bits per heavy atom. The molecule has 0 bridgehead atoms. The van der Waals surface area contributed by atoms with Crippen LogP contribution in [0.4, 0.5) is 5.82 Å². The minimum atomic E-state index is 0.0452. The van der Waals surface area contributed by atoms with Crippen LogP contribution in [0.1, 0.15) is 5.56 Å². The lowest BCUT2D eigenvalue weighted by Crippen LogP contribution is -2.51. The number of nitriles is 2. The second kappa shape index (κ2) is 6.39. The Labute approximate surface area is 145 Å². The molecule has 2 unspecified atom stereocenters. The summed E-state index contributed by atoms with van der Waals surface area (Å²) in [6.07, 6.45) is 5.66. The van der Waals surface area contributed by atoms with E-state index in [0.717, 1.165) is 23.6 Å². The highest BCUT2D eigenvalue weighted by Gasteiger charge is 2.40. The minimum Gasteiger partial charge on any atom is -0.372 e. The number of rotatable bonds is 2. The molecule has 4 heterocycles. The number of hydrogen-bond acceptors (Lipinski definition) is 7. The predicted octanol–water partition coefficient (Wildman–Crippen LogP) is 1.39. The molecule has 25 heavy (non-hydrogen) atoms. The SMILES string of the molecule is N#Cc1ccnc(-c2ccc(N3CCOC4CN(C#N)CC43)nc2)c1. The standard InChI is InChI=1S/C18H16N6O/c19-8-13-3-4-21-15(7-13)14-1-2-18(22-9-14)24-5-6-25-17-11-23(12-20)10-16(17)24/h1-4,7,9,16-17H,5-6,10-11H2. The van der Waals surface area contributed by atoms with Gasteiger partial charge in [0.1, 0.15) is 5.82 Å². The fourth-order valence-corrected chi connectivity index (χ4v) is 3.42. The zero-order chi connectivity index (χ0) is 17.2. The quantitative estimate of drug-likeness (QED) is 0.768. The third kappa shape index (κ3) is 2.86. The summed E-state index contributed by atoms with van der Waals surface area (Å²) in [4.78, 5) is 12.9. The topological polar surface area (TPSA) is 89.1 Å². The Kier molecular flexibility index (Phi) is 3.93. The lowest BCUT2D eigenvalue weighted by Gasteiger charge is -2.37. The van der Waals surface area contributed by atoms with Crippen LogP contribution in [0, 0.1) is 22.8 Å². The van der Waals surface area contributed by atoms with Gasteiger partial charge in [-0.2, -0.15) is 10.5 Å². The largest absolute Gasteiger partial charge is 0.372 e. The zero-order valence-electron chi connectivity index (χ0n) is 13.5. The van der Waals surface area contributed by atoms with E-state index in [-0.39, 0.29) is 12.1 Å². The van der Waals surface area contributed by atoms with Gasteiger partial charge in [0.15, 0.2) is 6.19 Å². The van der Waals surface area contributed by atoms with E-state index in [9.17, 15) is 0 Å². The van der Waals surface area contributed by atoms with E-state index in [4.69, 9.17) is 15.3 Å². The number of anilines is 1. The maximum absolute atomic E-state index is 9.13. The van der Waals surface area contributed by atoms with Gasteiger partial charge >= 0.3 is 0 Å². The summed E-state index contributed by atoms with van der Waals surface area (Å²) >= 11 is 0. The first-order chi connectivity index (χ1) is 12.3. The van der Waals surface area contributed by atoms with Crippen molar-refractivity contribution in [3.8, 4) is 23.5 Å². The van der Waals surface area contributed by atoms with Crippen molar-refractivity contribution in [2.45, 2.75) is 12.1 Å². The van der Waals surface area contributed by atoms with Crippen molar-refractivity contribution in [2.75, 3.05) is 31.1 Å². The summed E-state index contributed by atoms with van der Waals surface area (Å²) in [7, 11) is 0. The van der Waals surface area contributed by atoms with Crippen molar-refractivity contribution in [3.63, 3.8) is 0 Å². The molecule has 0 aliphatic carbocycles. The van der Waals surface area contributed by atoms with Crippen LogP contribution >= 0.6 is 0 Å². The van der Waals surface area contributed by atoms with Crippen LogP contribution < -0.4 is 4.90 Å². The van der Waals surface area contributed by atoms with Gasteiger partial charge in [-0.3, -0.25) is 4.98 Å². The number of aromatic nitrogens is 2. The fourth-order valence-electron chi connectivity index (χ4n) is 3.42. The number of morpholine rings is 1. The van der Waals surface area contributed by atoms with Crippen LogP contribution in [-0.2, 0) is 4.74 Å². The molecule has 0 aromatic carbocycles. The lowest BCUT2D eigenvalue weighted by atomic mass is 10.1. The lowest BCUT2D eigenvalue weighted by molar-refractivity contribution is 0.0323. The Morgan fingerprint density at radius 2 is 2.08 bits per heavy atom. The van der Waals surface area contributed by atoms with Gasteiger partial charge in [0.2, 0.25) is 0 Å². The molecule has 0 spiro atoms. The molecule has 4 rings (SSSR count). The van der Waals surface area contributed by atoms with Crippen LogP contribution in [0.2, 0.25) is 0 Å². The summed E-state index contributed by atoms with van der Waals surface area (Å²) in [5.41, 5.74) is 2.18. The molecule has 2 aliphatic heterocycles. The highest BCUT2D eigenvalue weighted by Crippen LogP contribution is 2.27. The zero-order valence-corrected chi connectivity index (χ0v) is 13.5. The number of likely N-dealkylation sites (tertiary alicyclic amines) is 1. The Bertz CT molecular complexity index is 853. The molecule has 0 saturated carbocycles. The normalized spacial score (nSPS) is 22.2. The molecule has 0 amide bonds. The van der Waals surface area contributed by atoms with Gasteiger partial charge < -0.3 is 14.5 Å². The molecule has 7 nitrogen and oxygen atoms in total. The molecule has 2 atom stereocenters. The van der Waals surface area contributed by atoms with Crippen molar-refractivity contribution < 1.29 is 4.74 Å². The summed E-state index contributed by atoms with van der Waals surface area (Å²) in [5, 5.41) is 18.1. The highest BCUT2D eigenvalue weighted by molar-refractivity contribution is 5.61. The molecule has 2 fully saturated rings. The highest BCUT2D eigenvalue weighted by atomic mass is 16.5. The summed E-state index contributed by atoms with van der Waals surface area (Å²) in [6.45, 7) is 2.70. The number of pyridine rings is 2. The third-order valence-corrected chi connectivity index (χ3v) is 4.67. The predicted molar refractivity (Wildman–Crippen MR) is 90.2 cm³/mol. The average Bonchev–Trinajstić information content (AvgIpc) is 3.11. The molecule has 0 radical (unpaired) electrons. The van der Waals surface area contributed by atoms with E-state index in [1.54, 1.807) is 29.4 Å². The van der Waals surface area contributed by atoms with E-state index < -0.39 is 0 Å². The summed E-state index contributed by atoms with van der Waals surface area (Å²) in [6, 6.07) is 9.63. The minimum absolute atomic E-state index is 0.0452. The molecule has 124 valence electrons. The maximum atomic E-state index is 9.13. The van der Waals surface area contributed by atoms with Crippen molar-refractivity contribution in [1.29, 1.82) is 10.5 Å². The molecule has 2 aromatic heterocycles. The van der Waals surface area contributed by atoms with E-state index in [0.29, 0.717) is 25.3 Å². The monoisotopic (exact) mass is 332 g/mol. The molecule has 7 heteroatoms. The second-order valence-electron chi connectivity index (χ2n) is 6.12. The fraction of sp³-hybridized carbons (Fsp3) is 0.333. The van der Waals surface area contributed by atoms with Crippen LogP contribution in [0.25, 0.3) is 11.3 Å². The van der Waals surface area contributed by atoms with Crippen LogP contribution in [0.5, 0.6) is 0 Å². The molecule has 0 N–H and O–H groups in total. The molecular weight excluding hydrogens is 316 g/mol. The van der Waals surface area contributed by atoms with Crippen LogP contribution in [0.15, 0.2) is 36.7 Å². The van der Waals surface area contributed by atoms with Gasteiger partial charge in [-0.1, -0.05) is 0 Å². The Balaban J connectivity index is 1.58. The van der Waals surface area contributed by atoms with Crippen molar-refractivity contribution in [2.24, 2.45) is 0 Å². The van der Waals surface area contributed by atoms with E-state index in [1.807, 2.05) is 12.1 Å². The van der Waals surface area contributed by atoms with Crippen LogP contribution in [0.3, 0.4) is 0 Å². The number of fused-ring (bicyclic) bond motifs is 1. The van der Waals surface area contributed by atoms with Crippen molar-refractivity contribution in [1.82, 2.24) is 14.9 Å². The first-order valence-electron chi connectivity index (χ1n) is 8.14. The Morgan fingerprint density at radius 3 is 2.84 bits per heavy atom. The first kappa shape index (κ1) is 15.4. The van der Waals surface area contributed by atoms with Gasteiger partial charge in [0, 0.05) is 24.5 Å². The average molecular weight is 332 g/mol. The van der Waals surface area contributed by atoms with Crippen LogP contribution in [-0.4, -0.2) is 53.3 Å². The van der Waals surface area contributed by atoms with E-state index >= 15 is 0 Å². The molecular formula is C18H16N6O.